The zero-order valence-electron chi connectivity index (χ0n) is 13.3. The van der Waals surface area contributed by atoms with E-state index in [1.165, 1.54) is 16.8 Å². The van der Waals surface area contributed by atoms with Gasteiger partial charge in [-0.2, -0.15) is 5.10 Å². The van der Waals surface area contributed by atoms with Gasteiger partial charge in [0.25, 0.3) is 11.6 Å². The highest BCUT2D eigenvalue weighted by molar-refractivity contribution is 5.92. The molecule has 0 radical (unpaired) electrons. The highest BCUT2D eigenvalue weighted by Crippen LogP contribution is 2.39. The molecule has 1 atom stereocenters. The van der Waals surface area contributed by atoms with Crippen molar-refractivity contribution in [3.8, 4) is 5.69 Å². The van der Waals surface area contributed by atoms with Gasteiger partial charge in [-0.3, -0.25) is 14.9 Å². The summed E-state index contributed by atoms with van der Waals surface area (Å²) in [5.74, 6) is 0.115. The van der Waals surface area contributed by atoms with Gasteiger partial charge in [0.15, 0.2) is 5.69 Å². The number of nitrogens with two attached hydrogens (primary N) is 1. The SMILES string of the molecule is CC(CN)(NC(=O)c1ccn(-c2cccc([N+](=O)[O-])c2)n1)C1CC1. The van der Waals surface area contributed by atoms with E-state index in [1.54, 1.807) is 24.4 Å². The number of benzene rings is 1. The van der Waals surface area contributed by atoms with Crippen LogP contribution >= 0.6 is 0 Å². The molecule has 1 unspecified atom stereocenters. The minimum Gasteiger partial charge on any atom is -0.344 e. The smallest absolute Gasteiger partial charge is 0.272 e. The minimum absolute atomic E-state index is 0.0292. The summed E-state index contributed by atoms with van der Waals surface area (Å²) in [6.45, 7) is 2.31. The normalized spacial score (nSPS) is 16.4. The number of nitro benzene ring substituents is 1. The number of aromatic nitrogens is 2. The Morgan fingerprint density at radius 3 is 2.88 bits per heavy atom. The summed E-state index contributed by atoms with van der Waals surface area (Å²) in [7, 11) is 0. The lowest BCUT2D eigenvalue weighted by atomic mass is 9.96. The lowest BCUT2D eigenvalue weighted by Gasteiger charge is -2.29. The molecule has 0 spiro atoms. The van der Waals surface area contributed by atoms with Gasteiger partial charge in [-0.15, -0.1) is 0 Å². The number of carbonyl (C=O) groups excluding carboxylic acids is 1. The van der Waals surface area contributed by atoms with Gasteiger partial charge in [-0.25, -0.2) is 4.68 Å². The molecule has 1 aliphatic rings. The summed E-state index contributed by atoms with van der Waals surface area (Å²) in [4.78, 5) is 22.8. The van der Waals surface area contributed by atoms with E-state index >= 15 is 0 Å². The second-order valence-electron chi connectivity index (χ2n) is 6.27. The number of rotatable bonds is 6. The topological polar surface area (TPSA) is 116 Å². The molecule has 1 aliphatic carbocycles. The lowest BCUT2D eigenvalue weighted by molar-refractivity contribution is -0.384. The predicted molar refractivity (Wildman–Crippen MR) is 87.9 cm³/mol. The average Bonchev–Trinajstić information content (AvgIpc) is 3.32. The third-order valence-electron chi connectivity index (χ3n) is 4.43. The summed E-state index contributed by atoms with van der Waals surface area (Å²) in [6.07, 6.45) is 3.73. The number of non-ortho nitro benzene ring substituents is 1. The molecule has 3 rings (SSSR count). The Kier molecular flexibility index (Phi) is 4.06. The van der Waals surface area contributed by atoms with Crippen molar-refractivity contribution in [3.05, 3.63) is 52.3 Å². The van der Waals surface area contributed by atoms with Gasteiger partial charge >= 0.3 is 0 Å². The van der Waals surface area contributed by atoms with Crippen LogP contribution in [0, 0.1) is 16.0 Å². The molecule has 1 aromatic heterocycles. The van der Waals surface area contributed by atoms with Crippen LogP contribution in [0.15, 0.2) is 36.5 Å². The fourth-order valence-corrected chi connectivity index (χ4v) is 2.70. The average molecular weight is 329 g/mol. The van der Waals surface area contributed by atoms with Crippen LogP contribution in [0.3, 0.4) is 0 Å². The second-order valence-corrected chi connectivity index (χ2v) is 6.27. The summed E-state index contributed by atoms with van der Waals surface area (Å²) >= 11 is 0. The Hall–Kier alpha value is -2.74. The largest absolute Gasteiger partial charge is 0.344 e. The molecule has 1 aromatic carbocycles. The number of hydrogen-bond acceptors (Lipinski definition) is 5. The first-order chi connectivity index (χ1) is 11.4. The maximum atomic E-state index is 12.4. The fourth-order valence-electron chi connectivity index (χ4n) is 2.70. The molecule has 1 saturated carbocycles. The number of nitrogens with zero attached hydrogens (tertiary/aromatic N) is 3. The molecular formula is C16H19N5O3. The molecule has 2 aromatic rings. The van der Waals surface area contributed by atoms with Crippen molar-refractivity contribution < 1.29 is 9.72 Å². The Morgan fingerprint density at radius 2 is 2.25 bits per heavy atom. The van der Waals surface area contributed by atoms with E-state index < -0.39 is 10.5 Å². The van der Waals surface area contributed by atoms with Gasteiger partial charge in [-0.05, 0) is 37.8 Å². The summed E-state index contributed by atoms with van der Waals surface area (Å²) in [5.41, 5.74) is 6.13. The van der Waals surface area contributed by atoms with Crippen LogP contribution in [-0.2, 0) is 0 Å². The maximum absolute atomic E-state index is 12.4. The molecule has 0 aliphatic heterocycles. The fraction of sp³-hybridized carbons (Fsp3) is 0.375. The standard InChI is InChI=1S/C16H19N5O3/c1-16(10-17,11-5-6-11)18-15(22)14-7-8-20(19-14)12-3-2-4-13(9-12)21(23)24/h2-4,7-9,11H,5-6,10,17H2,1H3,(H,18,22). The van der Waals surface area contributed by atoms with Crippen LogP contribution in [0.4, 0.5) is 5.69 Å². The first kappa shape index (κ1) is 16.1. The van der Waals surface area contributed by atoms with Crippen LogP contribution in [0.25, 0.3) is 5.69 Å². The maximum Gasteiger partial charge on any atom is 0.272 e. The van der Waals surface area contributed by atoms with Gasteiger partial charge < -0.3 is 11.1 Å². The first-order valence-corrected chi connectivity index (χ1v) is 7.76. The molecule has 1 heterocycles. The van der Waals surface area contributed by atoms with Gasteiger partial charge in [-0.1, -0.05) is 6.07 Å². The van der Waals surface area contributed by atoms with E-state index in [0.717, 1.165) is 12.8 Å². The van der Waals surface area contributed by atoms with Crippen molar-refractivity contribution >= 4 is 11.6 Å². The van der Waals surface area contributed by atoms with Crippen LogP contribution in [0.5, 0.6) is 0 Å². The summed E-state index contributed by atoms with van der Waals surface area (Å²) < 4.78 is 1.44. The van der Waals surface area contributed by atoms with Crippen molar-refractivity contribution in [3.63, 3.8) is 0 Å². The van der Waals surface area contributed by atoms with E-state index in [2.05, 4.69) is 10.4 Å². The molecule has 1 amide bonds. The van der Waals surface area contributed by atoms with Gasteiger partial charge in [0.2, 0.25) is 0 Å². The molecular weight excluding hydrogens is 310 g/mol. The number of nitro groups is 1. The highest BCUT2D eigenvalue weighted by atomic mass is 16.6. The van der Waals surface area contributed by atoms with E-state index in [1.807, 2.05) is 6.92 Å². The van der Waals surface area contributed by atoms with Crippen molar-refractivity contribution in [2.75, 3.05) is 6.54 Å². The van der Waals surface area contributed by atoms with Gasteiger partial charge in [0.05, 0.1) is 16.1 Å². The Balaban J connectivity index is 1.79. The van der Waals surface area contributed by atoms with Crippen LogP contribution in [-0.4, -0.2) is 32.7 Å². The Bertz CT molecular complexity index is 784. The minimum atomic E-state index is -0.469. The molecule has 8 nitrogen and oxygen atoms in total. The first-order valence-electron chi connectivity index (χ1n) is 7.76. The van der Waals surface area contributed by atoms with Crippen LogP contribution < -0.4 is 11.1 Å². The molecule has 0 saturated heterocycles. The number of hydrogen-bond donors (Lipinski definition) is 2. The van der Waals surface area contributed by atoms with E-state index in [4.69, 9.17) is 5.73 Å². The molecule has 0 bridgehead atoms. The van der Waals surface area contributed by atoms with Crippen LogP contribution in [0.1, 0.15) is 30.3 Å². The Morgan fingerprint density at radius 1 is 1.50 bits per heavy atom. The van der Waals surface area contributed by atoms with E-state index in [0.29, 0.717) is 18.2 Å². The Labute approximate surface area is 138 Å². The van der Waals surface area contributed by atoms with E-state index in [9.17, 15) is 14.9 Å². The number of carbonyl (C=O) groups is 1. The van der Waals surface area contributed by atoms with Crippen molar-refractivity contribution in [2.24, 2.45) is 11.7 Å². The zero-order chi connectivity index (χ0) is 17.3. The third kappa shape index (κ3) is 3.13. The molecule has 126 valence electrons. The molecule has 3 N–H and O–H groups in total. The van der Waals surface area contributed by atoms with Crippen molar-refractivity contribution in [2.45, 2.75) is 25.3 Å². The summed E-state index contributed by atoms with van der Waals surface area (Å²) in [5, 5.41) is 18.0. The quantitative estimate of drug-likeness (QED) is 0.617. The van der Waals surface area contributed by atoms with Gasteiger partial charge in [0.1, 0.15) is 0 Å². The van der Waals surface area contributed by atoms with Gasteiger partial charge in [0, 0.05) is 24.9 Å². The molecule has 1 fully saturated rings. The summed E-state index contributed by atoms with van der Waals surface area (Å²) in [6, 6.07) is 7.66. The van der Waals surface area contributed by atoms with Crippen molar-refractivity contribution in [1.82, 2.24) is 15.1 Å². The predicted octanol–water partition coefficient (Wildman–Crippen LogP) is 1.64. The highest BCUT2D eigenvalue weighted by Gasteiger charge is 2.41. The zero-order valence-corrected chi connectivity index (χ0v) is 13.3. The monoisotopic (exact) mass is 329 g/mol. The third-order valence-corrected chi connectivity index (χ3v) is 4.43. The number of nitrogens with one attached hydrogen (secondary N) is 1. The van der Waals surface area contributed by atoms with Crippen LogP contribution in [0.2, 0.25) is 0 Å². The molecule has 8 heteroatoms. The molecule has 24 heavy (non-hydrogen) atoms. The van der Waals surface area contributed by atoms with Crippen molar-refractivity contribution in [1.29, 1.82) is 0 Å². The lowest BCUT2D eigenvalue weighted by Crippen LogP contribution is -2.53. The second kappa shape index (κ2) is 6.04. The van der Waals surface area contributed by atoms with E-state index in [-0.39, 0.29) is 17.3 Å². The number of amides is 1.